The molecule has 0 saturated carbocycles. The second-order valence-electron chi connectivity index (χ2n) is 12.2. The lowest BCUT2D eigenvalue weighted by Crippen LogP contribution is -2.32. The molecular formula is C42H38N2. The maximum absolute atomic E-state index is 2.62. The molecule has 0 radical (unpaired) electrons. The number of hydrogen-bond donors (Lipinski definition) is 0. The van der Waals surface area contributed by atoms with Crippen molar-refractivity contribution < 1.29 is 0 Å². The first-order valence-electron chi connectivity index (χ1n) is 16.2. The highest BCUT2D eigenvalue weighted by atomic mass is 15.2. The summed E-state index contributed by atoms with van der Waals surface area (Å²) in [4.78, 5) is 5.15. The molecule has 8 rings (SSSR count). The minimum atomic E-state index is 0.259. The Kier molecular flexibility index (Phi) is 7.12. The second kappa shape index (κ2) is 11.7. The zero-order chi connectivity index (χ0) is 29.3. The highest BCUT2D eigenvalue weighted by molar-refractivity contribution is 5.93. The van der Waals surface area contributed by atoms with Crippen LogP contribution in [0.25, 0.3) is 22.3 Å². The van der Waals surface area contributed by atoms with Gasteiger partial charge in [-0.2, -0.15) is 0 Å². The first-order chi connectivity index (χ1) is 21.8. The monoisotopic (exact) mass is 570 g/mol. The molecule has 2 unspecified atom stereocenters. The van der Waals surface area contributed by atoms with Crippen molar-refractivity contribution in [3.63, 3.8) is 0 Å². The van der Waals surface area contributed by atoms with Gasteiger partial charge in [0.25, 0.3) is 0 Å². The Hall–Kier alpha value is -4.82. The molecule has 2 nitrogen and oxygen atoms in total. The lowest BCUT2D eigenvalue weighted by molar-refractivity contribution is 0.753. The van der Waals surface area contributed by atoms with Crippen LogP contribution in [0.5, 0.6) is 0 Å². The molecule has 0 N–H and O–H groups in total. The van der Waals surface area contributed by atoms with E-state index in [2.05, 4.69) is 156 Å². The number of rotatable bonds is 6. The summed E-state index contributed by atoms with van der Waals surface area (Å²) >= 11 is 0. The van der Waals surface area contributed by atoms with Crippen molar-refractivity contribution in [2.75, 3.05) is 9.80 Å². The molecule has 44 heavy (non-hydrogen) atoms. The average molecular weight is 571 g/mol. The van der Waals surface area contributed by atoms with Gasteiger partial charge in [-0.3, -0.25) is 0 Å². The molecule has 0 fully saturated rings. The number of benzene rings is 3. The van der Waals surface area contributed by atoms with Gasteiger partial charge in [-0.1, -0.05) is 115 Å². The van der Waals surface area contributed by atoms with Crippen molar-refractivity contribution in [1.82, 2.24) is 0 Å². The van der Waals surface area contributed by atoms with Crippen molar-refractivity contribution in [3.05, 3.63) is 163 Å². The summed E-state index contributed by atoms with van der Waals surface area (Å²) in [5, 5.41) is 0. The lowest BCUT2D eigenvalue weighted by atomic mass is 9.95. The summed E-state index contributed by atoms with van der Waals surface area (Å²) in [6.45, 7) is 0. The third-order valence-electron chi connectivity index (χ3n) is 9.55. The molecular weight excluding hydrogens is 532 g/mol. The van der Waals surface area contributed by atoms with Crippen molar-refractivity contribution in [1.29, 1.82) is 0 Å². The highest BCUT2D eigenvalue weighted by Crippen LogP contribution is 2.48. The first-order valence-corrected chi connectivity index (χ1v) is 16.2. The van der Waals surface area contributed by atoms with Gasteiger partial charge in [-0.15, -0.1) is 0 Å². The summed E-state index contributed by atoms with van der Waals surface area (Å²) in [7, 11) is 0. The highest BCUT2D eigenvalue weighted by Gasteiger charge is 2.36. The molecule has 3 aromatic rings. The third-order valence-corrected chi connectivity index (χ3v) is 9.55. The normalized spacial score (nSPS) is 21.5. The van der Waals surface area contributed by atoms with Crippen molar-refractivity contribution in [3.8, 4) is 11.1 Å². The van der Waals surface area contributed by atoms with Crippen molar-refractivity contribution in [2.45, 2.75) is 50.6 Å². The Balaban J connectivity index is 1.15. The van der Waals surface area contributed by atoms with E-state index >= 15 is 0 Å². The second-order valence-corrected chi connectivity index (χ2v) is 12.2. The predicted octanol–water partition coefficient (Wildman–Crippen LogP) is 10.9. The van der Waals surface area contributed by atoms with E-state index in [4.69, 9.17) is 0 Å². The van der Waals surface area contributed by atoms with E-state index in [-0.39, 0.29) is 6.04 Å². The van der Waals surface area contributed by atoms with Gasteiger partial charge in [-0.25, -0.2) is 0 Å². The SMILES string of the molecule is C1=CCCC(N2c3cc(N(c4ccc(-c5ccc(C6=CCCC=C6)cc5)cc4)C4C=CC=CC4)ccc3C3=CC=CCC32)=C1. The van der Waals surface area contributed by atoms with Crippen molar-refractivity contribution in [2.24, 2.45) is 0 Å². The Labute approximate surface area is 261 Å². The third kappa shape index (κ3) is 4.95. The van der Waals surface area contributed by atoms with Crippen LogP contribution in [-0.2, 0) is 0 Å². The molecule has 0 amide bonds. The van der Waals surface area contributed by atoms with Crippen molar-refractivity contribution >= 4 is 28.2 Å². The van der Waals surface area contributed by atoms with E-state index in [0.29, 0.717) is 6.04 Å². The smallest absolute Gasteiger partial charge is 0.0629 e. The molecule has 1 heterocycles. The fourth-order valence-corrected chi connectivity index (χ4v) is 7.35. The molecule has 3 aromatic carbocycles. The minimum Gasteiger partial charge on any atom is -0.337 e. The van der Waals surface area contributed by atoms with Crippen LogP contribution in [0, 0.1) is 0 Å². The van der Waals surface area contributed by atoms with Gasteiger partial charge in [0.2, 0.25) is 0 Å². The molecule has 216 valence electrons. The summed E-state index contributed by atoms with van der Waals surface area (Å²) in [5.41, 5.74) is 13.2. The topological polar surface area (TPSA) is 6.48 Å². The number of anilines is 3. The molecule has 1 aliphatic heterocycles. The molecule has 0 bridgehead atoms. The molecule has 0 spiro atoms. The zero-order valence-electron chi connectivity index (χ0n) is 25.1. The van der Waals surface area contributed by atoms with Crippen LogP contribution in [0.1, 0.15) is 49.7 Å². The fraction of sp³-hybridized carbons (Fsp3) is 0.190. The lowest BCUT2D eigenvalue weighted by Gasteiger charge is -2.34. The van der Waals surface area contributed by atoms with E-state index < -0.39 is 0 Å². The quantitative estimate of drug-likeness (QED) is 0.291. The maximum Gasteiger partial charge on any atom is 0.0629 e. The standard InChI is InChI=1S/C42H38N2/c1-4-12-31(13-5-1)32-20-22-33(23-21-32)34-24-26-37(27-25-34)43(35-14-6-2-7-15-35)38-28-29-40-39-18-10-11-19-41(39)44(42(40)30-38)36-16-8-3-9-17-36/h2-4,6-8,10-14,16,18,20-30,35,41H,1,5,9,15,17,19H2. The summed E-state index contributed by atoms with van der Waals surface area (Å²) in [5.74, 6) is 0. The van der Waals surface area contributed by atoms with Gasteiger partial charge in [-0.05, 0) is 96.7 Å². The zero-order valence-corrected chi connectivity index (χ0v) is 25.1. The van der Waals surface area contributed by atoms with Crippen LogP contribution in [0.3, 0.4) is 0 Å². The molecule has 5 aliphatic rings. The fourth-order valence-electron chi connectivity index (χ4n) is 7.35. The van der Waals surface area contributed by atoms with Gasteiger partial charge in [0.1, 0.15) is 0 Å². The van der Waals surface area contributed by atoms with E-state index in [0.717, 1.165) is 38.5 Å². The first kappa shape index (κ1) is 26.8. The van der Waals surface area contributed by atoms with E-state index in [1.54, 1.807) is 0 Å². The van der Waals surface area contributed by atoms with E-state index in [9.17, 15) is 0 Å². The number of hydrogen-bond acceptors (Lipinski definition) is 2. The van der Waals surface area contributed by atoms with Gasteiger partial charge >= 0.3 is 0 Å². The van der Waals surface area contributed by atoms with Gasteiger partial charge in [0, 0.05) is 22.6 Å². The summed E-state index contributed by atoms with van der Waals surface area (Å²) in [6, 6.07) is 26.0. The average Bonchev–Trinajstić information content (AvgIpc) is 3.44. The largest absolute Gasteiger partial charge is 0.337 e. The summed E-state index contributed by atoms with van der Waals surface area (Å²) < 4.78 is 0. The van der Waals surface area contributed by atoms with Crippen LogP contribution in [0.15, 0.2) is 151 Å². The van der Waals surface area contributed by atoms with Crippen LogP contribution >= 0.6 is 0 Å². The van der Waals surface area contributed by atoms with Gasteiger partial charge < -0.3 is 9.80 Å². The van der Waals surface area contributed by atoms with Gasteiger partial charge in [0.15, 0.2) is 0 Å². The predicted molar refractivity (Wildman–Crippen MR) is 188 cm³/mol. The molecule has 4 aliphatic carbocycles. The molecule has 0 aromatic heterocycles. The Bertz CT molecular complexity index is 1800. The van der Waals surface area contributed by atoms with Crippen LogP contribution in [-0.4, -0.2) is 12.1 Å². The summed E-state index contributed by atoms with van der Waals surface area (Å²) in [6.07, 6.45) is 36.1. The number of nitrogens with zero attached hydrogens (tertiary/aromatic N) is 2. The van der Waals surface area contributed by atoms with E-state index in [1.807, 2.05) is 0 Å². The number of allylic oxidation sites excluding steroid dienone is 12. The van der Waals surface area contributed by atoms with Crippen LogP contribution < -0.4 is 9.80 Å². The molecule has 0 saturated heterocycles. The maximum atomic E-state index is 2.62. The Morgan fingerprint density at radius 1 is 0.636 bits per heavy atom. The minimum absolute atomic E-state index is 0.259. The van der Waals surface area contributed by atoms with Gasteiger partial charge in [0.05, 0.1) is 17.8 Å². The number of fused-ring (bicyclic) bond motifs is 3. The molecule has 2 atom stereocenters. The van der Waals surface area contributed by atoms with Crippen LogP contribution in [0.4, 0.5) is 17.1 Å². The Morgan fingerprint density at radius 2 is 1.41 bits per heavy atom. The van der Waals surface area contributed by atoms with Crippen LogP contribution in [0.2, 0.25) is 0 Å². The molecule has 2 heteroatoms. The Morgan fingerprint density at radius 3 is 2.16 bits per heavy atom. The van der Waals surface area contributed by atoms with E-state index in [1.165, 1.54) is 56.2 Å².